The number of aromatic nitrogens is 4. The summed E-state index contributed by atoms with van der Waals surface area (Å²) in [5.74, 6) is -3.40. The molecule has 218 valence electrons. The third-order valence-electron chi connectivity index (χ3n) is 8.40. The van der Waals surface area contributed by atoms with Gasteiger partial charge in [-0.25, -0.2) is 35.4 Å². The predicted molar refractivity (Wildman–Crippen MR) is 145 cm³/mol. The van der Waals surface area contributed by atoms with Crippen molar-refractivity contribution < 1.29 is 35.2 Å². The van der Waals surface area contributed by atoms with Crippen LogP contribution in [0, 0.1) is 17.6 Å². The van der Waals surface area contributed by atoms with Gasteiger partial charge in [0.2, 0.25) is 5.65 Å². The van der Waals surface area contributed by atoms with Gasteiger partial charge >= 0.3 is 5.97 Å². The lowest BCUT2D eigenvalue weighted by Gasteiger charge is -2.41. The van der Waals surface area contributed by atoms with Crippen molar-refractivity contribution in [3.63, 3.8) is 0 Å². The number of pyridine rings is 1. The maximum Gasteiger partial charge on any atom is 0.368 e. The molecule has 1 atom stereocenters. The lowest BCUT2D eigenvalue weighted by Crippen LogP contribution is -2.52. The molecule has 2 aromatic carbocycles. The maximum atomic E-state index is 16.7. The summed E-state index contributed by atoms with van der Waals surface area (Å²) in [5, 5.41) is 7.61. The van der Waals surface area contributed by atoms with Gasteiger partial charge < -0.3 is 4.84 Å². The second kappa shape index (κ2) is 9.26. The van der Waals surface area contributed by atoms with Crippen molar-refractivity contribution in [2.45, 2.75) is 42.0 Å². The van der Waals surface area contributed by atoms with Crippen LogP contribution in [-0.4, -0.2) is 60.5 Å². The van der Waals surface area contributed by atoms with E-state index in [1.54, 1.807) is 12.1 Å². The van der Waals surface area contributed by atoms with Gasteiger partial charge in [0, 0.05) is 17.2 Å². The topological polar surface area (TPSA) is 141 Å². The number of benzene rings is 2. The molecular formula is C27H23F2N5O6S2. The van der Waals surface area contributed by atoms with Crippen LogP contribution in [0.15, 0.2) is 59.6 Å². The highest BCUT2D eigenvalue weighted by molar-refractivity contribution is 7.93. The largest absolute Gasteiger partial charge is 0.368 e. The highest BCUT2D eigenvalue weighted by Crippen LogP contribution is 2.60. The SMILES string of the molecule is O=C(On1nnc2cccnc21)c1ccc2c(c1F)C1(CCS(=O)(=O)CC1)C(C1CC1)N2S(=O)(=O)c1ccc(F)cc1. The van der Waals surface area contributed by atoms with Crippen molar-refractivity contribution in [1.29, 1.82) is 0 Å². The molecule has 1 aliphatic carbocycles. The zero-order valence-electron chi connectivity index (χ0n) is 21.9. The second-order valence-corrected chi connectivity index (χ2v) is 15.0. The Balaban J connectivity index is 1.38. The van der Waals surface area contributed by atoms with Crippen LogP contribution in [0.4, 0.5) is 14.5 Å². The molecule has 0 amide bonds. The van der Waals surface area contributed by atoms with Gasteiger partial charge in [0.25, 0.3) is 10.0 Å². The van der Waals surface area contributed by atoms with Gasteiger partial charge in [0.15, 0.2) is 0 Å². The number of hydrogen-bond donors (Lipinski definition) is 0. The van der Waals surface area contributed by atoms with E-state index in [0.717, 1.165) is 39.5 Å². The van der Waals surface area contributed by atoms with Gasteiger partial charge in [-0.2, -0.15) is 0 Å². The van der Waals surface area contributed by atoms with Crippen LogP contribution in [0.5, 0.6) is 0 Å². The Labute approximate surface area is 239 Å². The van der Waals surface area contributed by atoms with E-state index in [0.29, 0.717) is 18.4 Å². The zero-order chi connectivity index (χ0) is 29.4. The molecule has 1 saturated heterocycles. The molecule has 0 bridgehead atoms. The first-order chi connectivity index (χ1) is 20.0. The predicted octanol–water partition coefficient (Wildman–Crippen LogP) is 2.81. The number of halogens is 2. The maximum absolute atomic E-state index is 16.7. The lowest BCUT2D eigenvalue weighted by atomic mass is 9.70. The monoisotopic (exact) mass is 615 g/mol. The Morgan fingerprint density at radius 3 is 2.43 bits per heavy atom. The Morgan fingerprint density at radius 2 is 1.74 bits per heavy atom. The number of anilines is 1. The van der Waals surface area contributed by atoms with Crippen molar-refractivity contribution in [2.75, 3.05) is 15.8 Å². The van der Waals surface area contributed by atoms with Crippen molar-refractivity contribution >= 4 is 42.7 Å². The number of nitrogens with zero attached hydrogens (tertiary/aromatic N) is 5. The molecule has 1 spiro atoms. The second-order valence-electron chi connectivity index (χ2n) is 10.9. The Kier molecular flexibility index (Phi) is 5.93. The van der Waals surface area contributed by atoms with Gasteiger partial charge in [-0.1, -0.05) is 0 Å². The first-order valence-corrected chi connectivity index (χ1v) is 16.5. The van der Waals surface area contributed by atoms with E-state index in [1.807, 2.05) is 0 Å². The van der Waals surface area contributed by atoms with E-state index in [4.69, 9.17) is 4.84 Å². The highest BCUT2D eigenvalue weighted by atomic mass is 32.2. The molecule has 0 N–H and O–H groups in total. The normalized spacial score (nSPS) is 21.0. The number of carbonyl (C=O) groups is 1. The molecule has 0 radical (unpaired) electrons. The minimum Gasteiger partial charge on any atom is -0.310 e. The molecule has 1 saturated carbocycles. The fraction of sp³-hybridized carbons (Fsp3) is 0.333. The van der Waals surface area contributed by atoms with Crippen molar-refractivity contribution in [3.05, 3.63) is 77.5 Å². The number of carbonyl (C=O) groups excluding carboxylic acids is 1. The van der Waals surface area contributed by atoms with Gasteiger partial charge in [-0.3, -0.25) is 4.31 Å². The molecule has 1 unspecified atom stereocenters. The molecule has 2 fully saturated rings. The summed E-state index contributed by atoms with van der Waals surface area (Å²) in [5.41, 5.74) is -1.22. The standard InChI is InChI=1S/C27H23F2N5O6S2/c28-17-5-7-18(8-6-17)42(38,39)33-21-10-9-19(26(35)40-34-25-20(31-32-34)2-1-13-30-25)23(29)22(21)27(24(33)16-3-4-16)11-14-41(36,37)15-12-27/h1-2,5-10,13,16,24H,3-4,11-12,14-15H2. The van der Waals surface area contributed by atoms with Crippen LogP contribution < -0.4 is 9.14 Å². The number of sulfonamides is 1. The third-order valence-corrected chi connectivity index (χ3v) is 11.9. The molecule has 42 heavy (non-hydrogen) atoms. The number of hydrogen-bond acceptors (Lipinski definition) is 9. The fourth-order valence-corrected chi connectivity index (χ4v) is 9.68. The summed E-state index contributed by atoms with van der Waals surface area (Å²) in [7, 11) is -7.77. The molecule has 2 aliphatic heterocycles. The van der Waals surface area contributed by atoms with Crippen LogP contribution in [0.1, 0.15) is 41.6 Å². The summed E-state index contributed by atoms with van der Waals surface area (Å²) < 4.78 is 84.8. The summed E-state index contributed by atoms with van der Waals surface area (Å²) in [4.78, 5) is 23.2. The van der Waals surface area contributed by atoms with E-state index in [2.05, 4.69) is 15.3 Å². The zero-order valence-corrected chi connectivity index (χ0v) is 23.5. The van der Waals surface area contributed by atoms with E-state index in [9.17, 15) is 26.0 Å². The summed E-state index contributed by atoms with van der Waals surface area (Å²) in [6, 6.07) is 9.26. The molecular weight excluding hydrogens is 592 g/mol. The first kappa shape index (κ1) is 26.9. The minimum absolute atomic E-state index is 0.0218. The van der Waals surface area contributed by atoms with Gasteiger partial charge in [0.05, 0.1) is 33.7 Å². The van der Waals surface area contributed by atoms with E-state index < -0.39 is 54.5 Å². The third kappa shape index (κ3) is 4.08. The minimum atomic E-state index is -4.34. The van der Waals surface area contributed by atoms with Crippen molar-refractivity contribution in [3.8, 4) is 0 Å². The first-order valence-electron chi connectivity index (χ1n) is 13.2. The van der Waals surface area contributed by atoms with Crippen molar-refractivity contribution in [2.24, 2.45) is 5.92 Å². The highest BCUT2D eigenvalue weighted by Gasteiger charge is 2.62. The molecule has 11 nitrogen and oxygen atoms in total. The van der Waals surface area contributed by atoms with E-state index >= 15 is 4.39 Å². The van der Waals surface area contributed by atoms with Crippen molar-refractivity contribution in [1.82, 2.24) is 20.1 Å². The van der Waals surface area contributed by atoms with Gasteiger partial charge in [-0.15, -0.1) is 5.10 Å². The molecule has 2 aromatic heterocycles. The van der Waals surface area contributed by atoms with Gasteiger partial charge in [0.1, 0.15) is 27.0 Å². The molecule has 3 aliphatic rings. The lowest BCUT2D eigenvalue weighted by molar-refractivity contribution is 0.0399. The van der Waals surface area contributed by atoms with Crippen LogP contribution in [0.3, 0.4) is 0 Å². The van der Waals surface area contributed by atoms with E-state index in [-0.39, 0.29) is 52.1 Å². The van der Waals surface area contributed by atoms with E-state index in [1.165, 1.54) is 12.3 Å². The quantitative estimate of drug-likeness (QED) is 0.310. The summed E-state index contributed by atoms with van der Waals surface area (Å²) in [6.07, 6.45) is 2.75. The molecule has 15 heteroatoms. The van der Waals surface area contributed by atoms with Crippen LogP contribution >= 0.6 is 0 Å². The van der Waals surface area contributed by atoms with Crippen LogP contribution in [-0.2, 0) is 25.3 Å². The summed E-state index contributed by atoms with van der Waals surface area (Å²) >= 11 is 0. The average Bonchev–Trinajstić information content (AvgIpc) is 3.65. The number of rotatable bonds is 5. The van der Waals surface area contributed by atoms with Crippen LogP contribution in [0.25, 0.3) is 11.2 Å². The van der Waals surface area contributed by atoms with Crippen LogP contribution in [0.2, 0.25) is 0 Å². The number of sulfone groups is 1. The average molecular weight is 616 g/mol. The Bertz CT molecular complexity index is 1960. The molecule has 4 aromatic rings. The Morgan fingerprint density at radius 1 is 1.02 bits per heavy atom. The number of fused-ring (bicyclic) bond motifs is 3. The Hall–Kier alpha value is -3.98. The molecule has 7 rings (SSSR count). The molecule has 4 heterocycles. The summed E-state index contributed by atoms with van der Waals surface area (Å²) in [6.45, 7) is 0. The smallest absolute Gasteiger partial charge is 0.310 e. The van der Waals surface area contributed by atoms with Gasteiger partial charge in [-0.05, 0) is 90.2 Å². The fourth-order valence-electron chi connectivity index (χ4n) is 6.34.